The predicted octanol–water partition coefficient (Wildman–Crippen LogP) is 6.24. The van der Waals surface area contributed by atoms with Crippen LogP contribution in [0, 0.1) is 0 Å². The average molecular weight is 562 g/mol. The molecule has 7 nitrogen and oxygen atoms in total. The summed E-state index contributed by atoms with van der Waals surface area (Å²) >= 11 is 0. The average Bonchev–Trinajstić information content (AvgIpc) is 3.56. The summed E-state index contributed by atoms with van der Waals surface area (Å²) in [5.74, 6) is -0.442. The van der Waals surface area contributed by atoms with Gasteiger partial charge in [-0.25, -0.2) is 0 Å². The van der Waals surface area contributed by atoms with Gasteiger partial charge in [0.2, 0.25) is 26.8 Å². The van der Waals surface area contributed by atoms with E-state index in [1.807, 2.05) is 0 Å². The van der Waals surface area contributed by atoms with Crippen LogP contribution in [0.25, 0.3) is 0 Å². The zero-order valence-electron chi connectivity index (χ0n) is 22.3. The molecule has 208 valence electrons. The summed E-state index contributed by atoms with van der Waals surface area (Å²) in [6, 6.07) is 12.3. The van der Waals surface area contributed by atoms with Gasteiger partial charge in [-0.2, -0.15) is 13.2 Å². The fraction of sp³-hybridized carbons (Fsp3) is 0.393. The van der Waals surface area contributed by atoms with Crippen molar-refractivity contribution in [2.45, 2.75) is 57.0 Å². The first-order valence-electron chi connectivity index (χ1n) is 12.5. The molecule has 5 rings (SSSR count). The Morgan fingerprint density at radius 3 is 2.31 bits per heavy atom. The van der Waals surface area contributed by atoms with Gasteiger partial charge in [0.05, 0.1) is 13.2 Å². The third-order valence-corrected chi connectivity index (χ3v) is 12.2. The van der Waals surface area contributed by atoms with E-state index >= 15 is 0 Å². The maximum Gasteiger partial charge on any atom is 0.449 e. The number of carbonyl (C=O) groups is 1. The molecule has 0 radical (unpaired) electrons. The normalized spacial score (nSPS) is 19.0. The molecular weight excluding hydrogens is 531 g/mol. The zero-order chi connectivity index (χ0) is 28.4. The number of furan rings is 1. The summed E-state index contributed by atoms with van der Waals surface area (Å²) in [5, 5.41) is 10.8. The van der Waals surface area contributed by atoms with Crippen LogP contribution in [0.15, 0.2) is 52.9 Å². The standard InChI is InChI=1S/C28H30F3NO6Si/c1-26(2,3)39(4,5)38-21-13-23-22(35-16-36-23)12-19(21)27(15-33)18-8-6-7-9-20(18)32(25(27)34)14-17-10-11-24(37-17)28(29,30)31/h6-13,33H,14-16H2,1-5H3. The molecular formula is C28H30F3NO6Si. The largest absolute Gasteiger partial charge is 0.543 e. The summed E-state index contributed by atoms with van der Waals surface area (Å²) in [6.45, 7) is 9.53. The Morgan fingerprint density at radius 1 is 1.03 bits per heavy atom. The summed E-state index contributed by atoms with van der Waals surface area (Å²) in [6.07, 6.45) is -4.65. The number of hydrogen-bond donors (Lipinski definition) is 1. The smallest absolute Gasteiger partial charge is 0.449 e. The highest BCUT2D eigenvalue weighted by Crippen LogP contribution is 2.53. The number of anilines is 1. The second-order valence-electron chi connectivity index (χ2n) is 11.3. The number of alkyl halides is 3. The number of amides is 1. The Kier molecular flexibility index (Phi) is 6.30. The second kappa shape index (κ2) is 9.05. The quantitative estimate of drug-likeness (QED) is 0.359. The van der Waals surface area contributed by atoms with Crippen LogP contribution in [0.3, 0.4) is 0 Å². The van der Waals surface area contributed by atoms with E-state index in [9.17, 15) is 23.1 Å². The van der Waals surface area contributed by atoms with Crippen molar-refractivity contribution < 1.29 is 41.4 Å². The number of para-hydroxylation sites is 1. The van der Waals surface area contributed by atoms with Crippen LogP contribution in [0.4, 0.5) is 18.9 Å². The van der Waals surface area contributed by atoms with Crippen LogP contribution in [0.2, 0.25) is 18.1 Å². The first kappa shape index (κ1) is 27.1. The van der Waals surface area contributed by atoms with Gasteiger partial charge in [0.25, 0.3) is 0 Å². The van der Waals surface area contributed by atoms with Crippen molar-refractivity contribution in [3.63, 3.8) is 0 Å². The summed E-state index contributed by atoms with van der Waals surface area (Å²) < 4.78 is 62.4. The molecule has 1 N–H and O–H groups in total. The van der Waals surface area contributed by atoms with E-state index in [0.29, 0.717) is 34.1 Å². The molecule has 39 heavy (non-hydrogen) atoms. The molecule has 0 aliphatic carbocycles. The summed E-state index contributed by atoms with van der Waals surface area (Å²) in [5.41, 5.74) is -0.250. The molecule has 1 atom stereocenters. The highest BCUT2D eigenvalue weighted by Gasteiger charge is 2.54. The van der Waals surface area contributed by atoms with E-state index < -0.39 is 38.2 Å². The van der Waals surface area contributed by atoms with E-state index in [1.54, 1.807) is 36.4 Å². The van der Waals surface area contributed by atoms with Gasteiger partial charge in [-0.1, -0.05) is 39.0 Å². The minimum atomic E-state index is -4.65. The van der Waals surface area contributed by atoms with E-state index in [0.717, 1.165) is 6.07 Å². The van der Waals surface area contributed by atoms with Crippen LogP contribution in [-0.4, -0.2) is 32.7 Å². The van der Waals surface area contributed by atoms with E-state index in [1.165, 1.54) is 11.0 Å². The van der Waals surface area contributed by atoms with Gasteiger partial charge in [-0.05, 0) is 48.0 Å². The second-order valence-corrected chi connectivity index (χ2v) is 16.0. The topological polar surface area (TPSA) is 81.4 Å². The first-order chi connectivity index (χ1) is 18.2. The molecule has 2 aliphatic rings. The molecule has 1 unspecified atom stereocenters. The van der Waals surface area contributed by atoms with E-state index in [2.05, 4.69) is 33.9 Å². The third kappa shape index (κ3) is 4.37. The van der Waals surface area contributed by atoms with Gasteiger partial charge in [-0.15, -0.1) is 0 Å². The van der Waals surface area contributed by atoms with Crippen molar-refractivity contribution in [1.82, 2.24) is 0 Å². The molecule has 2 aromatic carbocycles. The van der Waals surface area contributed by atoms with Crippen molar-refractivity contribution in [2.24, 2.45) is 0 Å². The number of hydrogen-bond acceptors (Lipinski definition) is 6. The minimum Gasteiger partial charge on any atom is -0.543 e. The van der Waals surface area contributed by atoms with Crippen LogP contribution in [0.1, 0.15) is 43.4 Å². The SMILES string of the molecule is CC(C)(C)[Si](C)(C)Oc1cc2c(cc1C1(CO)C(=O)N(Cc3ccc(C(F)(F)F)o3)c3ccccc31)OCO2. The molecule has 0 fully saturated rings. The van der Waals surface area contributed by atoms with Crippen LogP contribution >= 0.6 is 0 Å². The number of fused-ring (bicyclic) bond motifs is 2. The number of nitrogens with zero attached hydrogens (tertiary/aromatic N) is 1. The summed E-state index contributed by atoms with van der Waals surface area (Å²) in [4.78, 5) is 15.7. The molecule has 0 saturated carbocycles. The first-order valence-corrected chi connectivity index (χ1v) is 15.4. The maximum atomic E-state index is 14.3. The van der Waals surface area contributed by atoms with Crippen LogP contribution in [0.5, 0.6) is 17.2 Å². The lowest BCUT2D eigenvalue weighted by atomic mass is 9.75. The van der Waals surface area contributed by atoms with E-state index in [4.69, 9.17) is 18.3 Å². The van der Waals surface area contributed by atoms with Crippen molar-refractivity contribution in [3.8, 4) is 17.2 Å². The minimum absolute atomic E-state index is 0.00113. The number of benzene rings is 2. The number of rotatable bonds is 6. The molecule has 3 aromatic rings. The number of carbonyl (C=O) groups excluding carboxylic acids is 1. The van der Waals surface area contributed by atoms with Gasteiger partial charge >= 0.3 is 6.18 Å². The summed E-state index contributed by atoms with van der Waals surface area (Å²) in [7, 11) is -2.44. The van der Waals surface area contributed by atoms with Gasteiger partial charge in [-0.3, -0.25) is 4.79 Å². The lowest BCUT2D eigenvalue weighted by molar-refractivity contribution is -0.153. The lowest BCUT2D eigenvalue weighted by Crippen LogP contribution is -2.47. The van der Waals surface area contributed by atoms with Crippen LogP contribution < -0.4 is 18.8 Å². The molecule has 0 spiro atoms. The Bertz CT molecular complexity index is 1430. The van der Waals surface area contributed by atoms with Gasteiger partial charge in [0.15, 0.2) is 11.5 Å². The maximum absolute atomic E-state index is 14.3. The van der Waals surface area contributed by atoms with E-state index in [-0.39, 0.29) is 24.1 Å². The molecule has 3 heterocycles. The lowest BCUT2D eigenvalue weighted by Gasteiger charge is -2.38. The Hall–Kier alpha value is -3.44. The number of aliphatic hydroxyl groups excluding tert-OH is 1. The highest BCUT2D eigenvalue weighted by atomic mass is 28.4. The fourth-order valence-corrected chi connectivity index (χ4v) is 5.75. The van der Waals surface area contributed by atoms with Gasteiger partial charge < -0.3 is 28.3 Å². The number of ether oxygens (including phenoxy) is 2. The Morgan fingerprint density at radius 2 is 1.69 bits per heavy atom. The van der Waals surface area contributed by atoms with Crippen LogP contribution in [-0.2, 0) is 22.9 Å². The molecule has 1 amide bonds. The molecule has 0 saturated heterocycles. The monoisotopic (exact) mass is 561 g/mol. The Labute approximate surface area is 225 Å². The Balaban J connectivity index is 1.66. The van der Waals surface area contributed by atoms with Crippen molar-refractivity contribution in [3.05, 3.63) is 71.2 Å². The fourth-order valence-electron chi connectivity index (χ4n) is 4.72. The molecule has 1 aromatic heterocycles. The third-order valence-electron chi connectivity index (χ3n) is 7.86. The molecule has 0 bridgehead atoms. The zero-order valence-corrected chi connectivity index (χ0v) is 23.3. The number of halogens is 3. The molecule has 2 aliphatic heterocycles. The van der Waals surface area contributed by atoms with Gasteiger partial charge in [0, 0.05) is 17.3 Å². The molecule has 11 heteroatoms. The number of aliphatic hydroxyl groups is 1. The predicted molar refractivity (Wildman–Crippen MR) is 140 cm³/mol. The highest BCUT2D eigenvalue weighted by molar-refractivity contribution is 6.74. The van der Waals surface area contributed by atoms with Crippen molar-refractivity contribution in [2.75, 3.05) is 18.3 Å². The van der Waals surface area contributed by atoms with Crippen molar-refractivity contribution in [1.29, 1.82) is 0 Å². The van der Waals surface area contributed by atoms with Gasteiger partial charge in [0.1, 0.15) is 16.9 Å². The van der Waals surface area contributed by atoms with Crippen molar-refractivity contribution >= 4 is 19.9 Å².